The van der Waals surface area contributed by atoms with Gasteiger partial charge in [0, 0.05) is 0 Å². The number of hydrogen-bond acceptors (Lipinski definition) is 6. The Labute approximate surface area is 83.9 Å². The summed E-state index contributed by atoms with van der Waals surface area (Å²) in [5.74, 6) is 0. The standard InChI is InChI=1S/HIO3.H2O4S.H2O3S/c2-1(3)4;1-5(2,3)4;1-4(2)3/h2H;(H2,1,2,3,4);(H2,1,2,3). The van der Waals surface area contributed by atoms with E-state index in [0.29, 0.717) is 0 Å². The first kappa shape index (κ1) is 19.2. The van der Waals surface area contributed by atoms with E-state index in [4.69, 9.17) is 41.1 Å². The normalized spacial score (nSPS) is 9.92. The molecule has 0 atom stereocenters. The summed E-state index contributed by atoms with van der Waals surface area (Å²) >= 11 is -6.37. The van der Waals surface area contributed by atoms with Gasteiger partial charge in [-0.15, -0.1) is 0 Å². The van der Waals surface area contributed by atoms with Crippen molar-refractivity contribution in [3.63, 3.8) is 0 Å². The van der Waals surface area contributed by atoms with Crippen LogP contribution >= 0.6 is 0 Å². The van der Waals surface area contributed by atoms with Gasteiger partial charge in [0.1, 0.15) is 0 Å². The molecule has 0 saturated carbocycles. The Balaban J connectivity index is -0.000000117. The fourth-order valence-electron chi connectivity index (χ4n) is 0. The summed E-state index contributed by atoms with van der Waals surface area (Å²) in [4.78, 5) is 0. The van der Waals surface area contributed by atoms with Crippen molar-refractivity contribution in [2.75, 3.05) is 0 Å². The van der Waals surface area contributed by atoms with Gasteiger partial charge in [-0.25, -0.2) is 0 Å². The van der Waals surface area contributed by atoms with Gasteiger partial charge in [-0.1, -0.05) is 0 Å². The van der Waals surface area contributed by atoms with E-state index in [1.165, 1.54) is 0 Å². The molecule has 0 rings (SSSR count). The van der Waals surface area contributed by atoms with Gasteiger partial charge in [-0.2, -0.15) is 12.6 Å². The average Bonchev–Trinajstić information content (AvgIpc) is 1.50. The van der Waals surface area contributed by atoms with E-state index in [0.717, 1.165) is 0 Å². The first-order valence-corrected chi connectivity index (χ1v) is 6.89. The van der Waals surface area contributed by atoms with Crippen molar-refractivity contribution in [2.45, 2.75) is 0 Å². The van der Waals surface area contributed by atoms with Crippen LogP contribution in [0.25, 0.3) is 0 Å². The lowest BCUT2D eigenvalue weighted by molar-refractivity contribution is -1.63. The van der Waals surface area contributed by atoms with Crippen molar-refractivity contribution in [3.8, 4) is 0 Å². The highest BCUT2D eigenvalue weighted by Crippen LogP contribution is 1.59. The third-order valence-electron chi connectivity index (χ3n) is 0. The topological polar surface area (TPSA) is 198 Å². The monoisotopic (exact) mass is 356 g/mol. The van der Waals surface area contributed by atoms with Gasteiger partial charge in [0.25, 0.3) is 11.4 Å². The van der Waals surface area contributed by atoms with E-state index in [1.54, 1.807) is 0 Å². The molecular formula is H5IO10S2. The number of hydrogen-bond donors (Lipinski definition) is 5. The zero-order valence-corrected chi connectivity index (χ0v) is 9.26. The van der Waals surface area contributed by atoms with Crippen LogP contribution in [0.4, 0.5) is 0 Å². The lowest BCUT2D eigenvalue weighted by atomic mass is 15.8. The third-order valence-corrected chi connectivity index (χ3v) is 0. The maximum Gasteiger partial charge on any atom is 0.503 e. The van der Waals surface area contributed by atoms with Crippen molar-refractivity contribution in [3.05, 3.63) is 0 Å². The molecule has 0 radical (unpaired) electrons. The molecule has 0 fully saturated rings. The fraction of sp³-hybridized carbons (Fsp3) is 0. The lowest BCUT2D eigenvalue weighted by Gasteiger charge is -1.68. The van der Waals surface area contributed by atoms with E-state index in [1.807, 2.05) is 0 Å². The SMILES string of the molecule is O=S(=O)(O)O.O=S(O)O.[O-][I+2]([O-])O. The van der Waals surface area contributed by atoms with Gasteiger partial charge >= 0.3 is 31.5 Å². The summed E-state index contributed by atoms with van der Waals surface area (Å²) in [7, 11) is -4.67. The molecule has 0 heterocycles. The van der Waals surface area contributed by atoms with Gasteiger partial charge in [-0.3, -0.25) is 18.2 Å². The molecule has 5 N–H and O–H groups in total. The van der Waals surface area contributed by atoms with Gasteiger partial charge in [-0.05, 0) is 3.44 Å². The highest BCUT2D eigenvalue weighted by Gasteiger charge is 1.89. The van der Waals surface area contributed by atoms with Crippen LogP contribution in [0.3, 0.4) is 0 Å². The summed E-state index contributed by atoms with van der Waals surface area (Å²) in [5, 5.41) is 0. The molecule has 0 spiro atoms. The quantitative estimate of drug-likeness (QED) is 0.158. The number of rotatable bonds is 0. The zero-order valence-electron chi connectivity index (χ0n) is 5.47. The Morgan fingerprint density at radius 3 is 1.15 bits per heavy atom. The smallest absolute Gasteiger partial charge is 0.396 e. The molecule has 13 heteroatoms. The predicted molar refractivity (Wildman–Crippen MR) is 29.8 cm³/mol. The summed E-state index contributed by atoms with van der Waals surface area (Å²) in [6, 6.07) is 0. The summed E-state index contributed by atoms with van der Waals surface area (Å²) in [6.07, 6.45) is 0. The van der Waals surface area contributed by atoms with E-state index < -0.39 is 42.8 Å². The molecule has 0 aliphatic carbocycles. The maximum atomic E-state index is 8.74. The second-order valence-electron chi connectivity index (χ2n) is 0.880. The molecule has 0 aromatic heterocycles. The van der Waals surface area contributed by atoms with E-state index in [-0.39, 0.29) is 0 Å². The first-order chi connectivity index (χ1) is 5.46. The van der Waals surface area contributed by atoms with Crippen LogP contribution in [0.5, 0.6) is 0 Å². The number of halogens is 1. The van der Waals surface area contributed by atoms with Crippen molar-refractivity contribution in [1.29, 1.82) is 0 Å². The molecular weight excluding hydrogens is 351 g/mol. The zero-order chi connectivity index (χ0) is 11.7. The van der Waals surface area contributed by atoms with Crippen molar-refractivity contribution >= 4 is 21.8 Å². The Morgan fingerprint density at radius 2 is 1.15 bits per heavy atom. The highest BCUT2D eigenvalue weighted by atomic mass is 127. The lowest BCUT2D eigenvalue weighted by Crippen LogP contribution is -3.98. The molecule has 0 aromatic carbocycles. The fourth-order valence-corrected chi connectivity index (χ4v) is 0. The molecule has 0 aliphatic rings. The van der Waals surface area contributed by atoms with Crippen molar-refractivity contribution in [1.82, 2.24) is 0 Å². The summed E-state index contributed by atoms with van der Waals surface area (Å²) in [5.41, 5.74) is 0. The van der Waals surface area contributed by atoms with Crippen LogP contribution in [0, 0.1) is 0 Å². The van der Waals surface area contributed by atoms with E-state index in [9.17, 15) is 0 Å². The van der Waals surface area contributed by atoms with Crippen molar-refractivity contribution < 1.29 is 62.2 Å². The Bertz CT molecular complexity index is 186. The molecule has 0 unspecified atom stereocenters. The molecule has 0 amide bonds. The van der Waals surface area contributed by atoms with Crippen LogP contribution in [-0.4, -0.2) is 34.3 Å². The Morgan fingerprint density at radius 1 is 1.15 bits per heavy atom. The van der Waals surface area contributed by atoms with Gasteiger partial charge in [0.2, 0.25) is 0 Å². The molecule has 0 bridgehead atoms. The van der Waals surface area contributed by atoms with Crippen LogP contribution in [0.2, 0.25) is 0 Å². The minimum Gasteiger partial charge on any atom is -0.396 e. The maximum absolute atomic E-state index is 8.74. The largest absolute Gasteiger partial charge is 0.503 e. The van der Waals surface area contributed by atoms with Crippen LogP contribution in [0.1, 0.15) is 0 Å². The van der Waals surface area contributed by atoms with E-state index >= 15 is 0 Å². The summed E-state index contributed by atoms with van der Waals surface area (Å²) < 4.78 is 78.9. The van der Waals surface area contributed by atoms with Crippen molar-refractivity contribution in [2.24, 2.45) is 0 Å². The summed E-state index contributed by atoms with van der Waals surface area (Å²) in [6.45, 7) is 0. The predicted octanol–water partition coefficient (Wildman–Crippen LogP) is -6.90. The molecule has 0 aliphatic heterocycles. The third kappa shape index (κ3) is 4620. The average molecular weight is 356 g/mol. The highest BCUT2D eigenvalue weighted by molar-refractivity contribution is 7.79. The van der Waals surface area contributed by atoms with Crippen LogP contribution in [0.15, 0.2) is 0 Å². The second-order valence-corrected chi connectivity index (χ2v) is 3.38. The molecule has 0 aromatic rings. The Hall–Kier alpha value is 0.550. The molecule has 13 heavy (non-hydrogen) atoms. The molecule has 0 saturated heterocycles. The Kier molecular flexibility index (Phi) is 15.7. The first-order valence-electron chi connectivity index (χ1n) is 1.71. The second kappa shape index (κ2) is 10.6. The van der Waals surface area contributed by atoms with Crippen LogP contribution in [-0.2, 0) is 21.8 Å². The minimum atomic E-state index is -4.67. The van der Waals surface area contributed by atoms with E-state index in [2.05, 4.69) is 0 Å². The molecule has 84 valence electrons. The van der Waals surface area contributed by atoms with Gasteiger partial charge in [0.15, 0.2) is 0 Å². The minimum absolute atomic E-state index is 2.61. The molecule has 10 nitrogen and oxygen atoms in total. The van der Waals surface area contributed by atoms with Crippen LogP contribution < -0.4 is 27.9 Å². The van der Waals surface area contributed by atoms with Gasteiger partial charge < -0.3 is 6.87 Å². The van der Waals surface area contributed by atoms with Gasteiger partial charge in [0.05, 0.1) is 0 Å².